The van der Waals surface area contributed by atoms with Crippen LogP contribution in [0.4, 0.5) is 13.2 Å². The first kappa shape index (κ1) is 15.5. The SMILES string of the molecule is COC(=O)Cc1c(OC(F)(F)F)c(CBr)c[nH]c1=O. The van der Waals surface area contributed by atoms with E-state index in [1.54, 1.807) is 0 Å². The maximum Gasteiger partial charge on any atom is 0.573 e. The van der Waals surface area contributed by atoms with Gasteiger partial charge in [-0.1, -0.05) is 15.9 Å². The number of aromatic nitrogens is 1. The van der Waals surface area contributed by atoms with Crippen LogP contribution >= 0.6 is 15.9 Å². The summed E-state index contributed by atoms with van der Waals surface area (Å²) in [5.41, 5.74) is -1.20. The highest BCUT2D eigenvalue weighted by molar-refractivity contribution is 9.08. The van der Waals surface area contributed by atoms with Crippen molar-refractivity contribution in [3.8, 4) is 5.75 Å². The number of rotatable bonds is 4. The lowest BCUT2D eigenvalue weighted by atomic mass is 10.1. The standard InChI is InChI=1S/C10H9BrF3NO4/c1-18-7(16)2-6-8(19-10(12,13)14)5(3-11)4-15-9(6)17/h4H,2-3H2,1H3,(H,15,17). The molecule has 5 nitrogen and oxygen atoms in total. The van der Waals surface area contributed by atoms with Crippen LogP contribution in [0.15, 0.2) is 11.0 Å². The van der Waals surface area contributed by atoms with E-state index in [0.717, 1.165) is 13.3 Å². The van der Waals surface area contributed by atoms with Crippen molar-refractivity contribution in [3.05, 3.63) is 27.7 Å². The molecule has 0 spiro atoms. The molecule has 1 heterocycles. The number of nitrogens with one attached hydrogen (secondary N) is 1. The van der Waals surface area contributed by atoms with Gasteiger partial charge in [-0.05, 0) is 0 Å². The number of halogens is 4. The molecule has 0 radical (unpaired) electrons. The Morgan fingerprint density at radius 2 is 2.11 bits per heavy atom. The molecule has 0 saturated heterocycles. The van der Waals surface area contributed by atoms with Crippen molar-refractivity contribution < 1.29 is 27.4 Å². The Kier molecular flexibility index (Phi) is 4.98. The molecule has 9 heteroatoms. The minimum Gasteiger partial charge on any atom is -0.469 e. The molecule has 0 bridgehead atoms. The minimum atomic E-state index is -4.96. The van der Waals surface area contributed by atoms with Crippen LogP contribution in [0, 0.1) is 0 Å². The molecule has 0 unspecified atom stereocenters. The van der Waals surface area contributed by atoms with Gasteiger partial charge in [-0.15, -0.1) is 13.2 Å². The lowest BCUT2D eigenvalue weighted by Crippen LogP contribution is -2.25. The molecule has 0 aliphatic rings. The van der Waals surface area contributed by atoms with Gasteiger partial charge >= 0.3 is 12.3 Å². The van der Waals surface area contributed by atoms with Crippen molar-refractivity contribution in [2.24, 2.45) is 0 Å². The average Bonchev–Trinajstić information content (AvgIpc) is 2.32. The van der Waals surface area contributed by atoms with E-state index >= 15 is 0 Å². The molecular weight excluding hydrogens is 335 g/mol. The summed E-state index contributed by atoms with van der Waals surface area (Å²) in [6.07, 6.45) is -4.49. The van der Waals surface area contributed by atoms with Gasteiger partial charge in [0.2, 0.25) is 0 Å². The number of hydrogen-bond acceptors (Lipinski definition) is 4. The van der Waals surface area contributed by atoms with Crippen LogP contribution in [0.1, 0.15) is 11.1 Å². The lowest BCUT2D eigenvalue weighted by Gasteiger charge is -2.15. The maximum absolute atomic E-state index is 12.3. The van der Waals surface area contributed by atoms with E-state index in [4.69, 9.17) is 0 Å². The van der Waals surface area contributed by atoms with Crippen molar-refractivity contribution in [2.45, 2.75) is 18.1 Å². The minimum absolute atomic E-state index is 0.0172. The van der Waals surface area contributed by atoms with Gasteiger partial charge in [-0.3, -0.25) is 9.59 Å². The number of ether oxygens (including phenoxy) is 2. The Bertz CT molecular complexity index is 526. The van der Waals surface area contributed by atoms with Crippen LogP contribution in [0.2, 0.25) is 0 Å². The van der Waals surface area contributed by atoms with Gasteiger partial charge in [0.1, 0.15) is 5.75 Å². The Morgan fingerprint density at radius 1 is 1.47 bits per heavy atom. The number of methoxy groups -OCH3 is 1. The normalized spacial score (nSPS) is 11.2. The van der Waals surface area contributed by atoms with Gasteiger partial charge in [0, 0.05) is 17.1 Å². The van der Waals surface area contributed by atoms with Gasteiger partial charge in [0.05, 0.1) is 19.1 Å². The van der Waals surface area contributed by atoms with Crippen LogP contribution in [0.5, 0.6) is 5.75 Å². The van der Waals surface area contributed by atoms with Gasteiger partial charge in [0.25, 0.3) is 5.56 Å². The number of hydrogen-bond donors (Lipinski definition) is 1. The predicted octanol–water partition coefficient (Wildman–Crippen LogP) is 1.88. The first-order valence-corrected chi connectivity index (χ1v) is 6.02. The Morgan fingerprint density at radius 3 is 2.58 bits per heavy atom. The third kappa shape index (κ3) is 4.27. The van der Waals surface area contributed by atoms with E-state index in [2.05, 4.69) is 30.4 Å². The van der Waals surface area contributed by atoms with Crippen LogP contribution in [0.3, 0.4) is 0 Å². The monoisotopic (exact) mass is 343 g/mol. The summed E-state index contributed by atoms with van der Waals surface area (Å²) in [6.45, 7) is 0. The van der Waals surface area contributed by atoms with Crippen molar-refractivity contribution in [2.75, 3.05) is 7.11 Å². The summed E-state index contributed by atoms with van der Waals surface area (Å²) in [6, 6.07) is 0. The molecule has 1 aromatic heterocycles. The zero-order valence-electron chi connectivity index (χ0n) is 9.64. The molecular formula is C10H9BrF3NO4. The number of carbonyl (C=O) groups excluding carboxylic acids is 1. The largest absolute Gasteiger partial charge is 0.573 e. The van der Waals surface area contributed by atoms with Crippen LogP contribution in [0.25, 0.3) is 0 Å². The van der Waals surface area contributed by atoms with E-state index in [9.17, 15) is 22.8 Å². The number of esters is 1. The zero-order valence-corrected chi connectivity index (χ0v) is 11.2. The molecule has 1 rings (SSSR count). The van der Waals surface area contributed by atoms with Gasteiger partial charge < -0.3 is 14.5 Å². The molecule has 0 atom stereocenters. The molecule has 0 amide bonds. The lowest BCUT2D eigenvalue weighted by molar-refractivity contribution is -0.275. The van der Waals surface area contributed by atoms with E-state index in [0.29, 0.717) is 0 Å². The third-order valence-electron chi connectivity index (χ3n) is 2.13. The Balaban J connectivity index is 3.32. The maximum atomic E-state index is 12.3. The van der Waals surface area contributed by atoms with Gasteiger partial charge in [-0.25, -0.2) is 0 Å². The summed E-state index contributed by atoms with van der Waals surface area (Å²) in [4.78, 5) is 24.9. The first-order chi connectivity index (χ1) is 8.78. The topological polar surface area (TPSA) is 68.4 Å². The van der Waals surface area contributed by atoms with Crippen molar-refractivity contribution >= 4 is 21.9 Å². The Labute approximate surface area is 113 Å². The summed E-state index contributed by atoms with van der Waals surface area (Å²) >= 11 is 2.97. The Hall–Kier alpha value is -1.51. The van der Waals surface area contributed by atoms with E-state index in [-0.39, 0.29) is 10.9 Å². The first-order valence-electron chi connectivity index (χ1n) is 4.90. The van der Waals surface area contributed by atoms with E-state index in [1.807, 2.05) is 0 Å². The third-order valence-corrected chi connectivity index (χ3v) is 2.73. The highest BCUT2D eigenvalue weighted by atomic mass is 79.9. The molecule has 106 valence electrons. The van der Waals surface area contributed by atoms with Gasteiger partial charge in [-0.2, -0.15) is 0 Å². The fourth-order valence-electron chi connectivity index (χ4n) is 1.32. The second-order valence-electron chi connectivity index (χ2n) is 3.39. The number of carbonyl (C=O) groups is 1. The highest BCUT2D eigenvalue weighted by Crippen LogP contribution is 2.29. The number of alkyl halides is 4. The molecule has 1 aromatic rings. The quantitative estimate of drug-likeness (QED) is 0.669. The fourth-order valence-corrected chi connectivity index (χ4v) is 1.74. The number of pyridine rings is 1. The van der Waals surface area contributed by atoms with E-state index in [1.165, 1.54) is 0 Å². The number of aromatic amines is 1. The second kappa shape index (κ2) is 6.09. The molecule has 0 aliphatic heterocycles. The fraction of sp³-hybridized carbons (Fsp3) is 0.400. The van der Waals surface area contributed by atoms with Crippen molar-refractivity contribution in [3.63, 3.8) is 0 Å². The summed E-state index contributed by atoms with van der Waals surface area (Å²) in [5.74, 6) is -1.53. The van der Waals surface area contributed by atoms with E-state index < -0.39 is 35.6 Å². The smallest absolute Gasteiger partial charge is 0.469 e. The molecule has 1 N–H and O–H groups in total. The molecule has 19 heavy (non-hydrogen) atoms. The summed E-state index contributed by atoms with van der Waals surface area (Å²) < 4.78 is 45.1. The zero-order chi connectivity index (χ0) is 14.6. The highest BCUT2D eigenvalue weighted by Gasteiger charge is 2.34. The molecule has 0 aliphatic carbocycles. The summed E-state index contributed by atoms with van der Waals surface area (Å²) in [7, 11) is 1.06. The van der Waals surface area contributed by atoms with Crippen LogP contribution in [-0.2, 0) is 21.3 Å². The van der Waals surface area contributed by atoms with Crippen LogP contribution in [-0.4, -0.2) is 24.4 Å². The number of H-pyrrole nitrogens is 1. The molecule has 0 fully saturated rings. The van der Waals surface area contributed by atoms with Gasteiger partial charge in [0.15, 0.2) is 0 Å². The average molecular weight is 344 g/mol. The van der Waals surface area contributed by atoms with Crippen LogP contribution < -0.4 is 10.3 Å². The summed E-state index contributed by atoms with van der Waals surface area (Å²) in [5, 5.41) is 0.0172. The predicted molar refractivity (Wildman–Crippen MR) is 62.1 cm³/mol. The second-order valence-corrected chi connectivity index (χ2v) is 3.95. The molecule has 0 aromatic carbocycles. The van der Waals surface area contributed by atoms with Crippen molar-refractivity contribution in [1.29, 1.82) is 0 Å². The molecule has 0 saturated carbocycles. The van der Waals surface area contributed by atoms with Crippen molar-refractivity contribution in [1.82, 2.24) is 4.98 Å².